The molecule has 0 radical (unpaired) electrons. The minimum atomic E-state index is -3.30. The van der Waals surface area contributed by atoms with Crippen LogP contribution < -0.4 is 4.90 Å². The molecule has 152 valence electrons. The molecule has 0 N–H and O–H groups in total. The lowest BCUT2D eigenvalue weighted by Crippen LogP contribution is -2.45. The average molecular weight is 412 g/mol. The molecule has 1 aromatic carbocycles. The smallest absolute Gasteiger partial charge is 0.230 e. The summed E-state index contributed by atoms with van der Waals surface area (Å²) in [5, 5.41) is 0. The fraction of sp³-hybridized carbons (Fsp3) is 0.421. The maximum Gasteiger partial charge on any atom is 0.230 e. The molecule has 0 atom stereocenters. The Labute approximate surface area is 162 Å². The zero-order valence-electron chi connectivity index (χ0n) is 15.5. The number of anilines is 1. The summed E-state index contributed by atoms with van der Waals surface area (Å²) in [6.45, 7) is 2.07. The van der Waals surface area contributed by atoms with E-state index in [0.717, 1.165) is 12.1 Å². The third-order valence-corrected chi connectivity index (χ3v) is 6.80. The zero-order valence-corrected chi connectivity index (χ0v) is 16.3. The Bertz CT molecular complexity index is 923. The van der Waals surface area contributed by atoms with Crippen LogP contribution in [0.15, 0.2) is 41.0 Å². The molecular formula is C19H22F2N2O4S. The van der Waals surface area contributed by atoms with Crippen LogP contribution in [0, 0.1) is 17.6 Å². The molecule has 0 unspecified atom stereocenters. The molecule has 0 aliphatic carbocycles. The first-order chi connectivity index (χ1) is 13.3. The van der Waals surface area contributed by atoms with E-state index < -0.39 is 27.6 Å². The largest absolute Gasteiger partial charge is 0.467 e. The van der Waals surface area contributed by atoms with Crippen molar-refractivity contribution in [3.05, 3.63) is 54.0 Å². The van der Waals surface area contributed by atoms with Crippen LogP contribution in [0.1, 0.15) is 25.5 Å². The van der Waals surface area contributed by atoms with Crippen LogP contribution in [0.3, 0.4) is 0 Å². The number of furan rings is 1. The highest BCUT2D eigenvalue weighted by atomic mass is 32.2. The number of nitrogens with zero attached hydrogens (tertiary/aromatic N) is 2. The van der Waals surface area contributed by atoms with Gasteiger partial charge in [0.1, 0.15) is 17.4 Å². The zero-order chi connectivity index (χ0) is 20.3. The standard InChI is InChI=1S/C19H22F2N2O4S/c1-2-28(25,26)22-9-7-14(8-10-22)19(24)23(13-16-4-3-11-27-16)18-6-5-15(20)12-17(18)21/h3-6,11-12,14H,2,7-10,13H2,1H3. The first-order valence-electron chi connectivity index (χ1n) is 9.08. The topological polar surface area (TPSA) is 70.8 Å². The van der Waals surface area contributed by atoms with Crippen molar-refractivity contribution in [2.24, 2.45) is 5.92 Å². The van der Waals surface area contributed by atoms with Gasteiger partial charge in [-0.3, -0.25) is 4.79 Å². The van der Waals surface area contributed by atoms with Crippen LogP contribution >= 0.6 is 0 Å². The second-order valence-electron chi connectivity index (χ2n) is 6.67. The molecule has 1 fully saturated rings. The van der Waals surface area contributed by atoms with E-state index in [-0.39, 0.29) is 37.0 Å². The van der Waals surface area contributed by atoms with Gasteiger partial charge in [-0.1, -0.05) is 0 Å². The van der Waals surface area contributed by atoms with Crippen LogP contribution in [-0.4, -0.2) is 37.5 Å². The fourth-order valence-electron chi connectivity index (χ4n) is 3.32. The first-order valence-corrected chi connectivity index (χ1v) is 10.7. The van der Waals surface area contributed by atoms with Crippen molar-refractivity contribution in [1.82, 2.24) is 4.31 Å². The van der Waals surface area contributed by atoms with Crippen LogP contribution in [0.25, 0.3) is 0 Å². The lowest BCUT2D eigenvalue weighted by molar-refractivity contribution is -0.123. The van der Waals surface area contributed by atoms with Crippen molar-refractivity contribution < 1.29 is 26.4 Å². The second-order valence-corrected chi connectivity index (χ2v) is 8.93. The number of rotatable bonds is 6. The Morgan fingerprint density at radius 3 is 2.54 bits per heavy atom. The van der Waals surface area contributed by atoms with Gasteiger partial charge in [0.25, 0.3) is 0 Å². The second kappa shape index (κ2) is 8.40. The van der Waals surface area contributed by atoms with E-state index in [2.05, 4.69) is 0 Å². The van der Waals surface area contributed by atoms with Crippen molar-refractivity contribution in [3.8, 4) is 0 Å². The SMILES string of the molecule is CCS(=O)(=O)N1CCC(C(=O)N(Cc2ccco2)c2ccc(F)cc2F)CC1. The summed E-state index contributed by atoms with van der Waals surface area (Å²) in [5.41, 5.74) is -0.0357. The predicted molar refractivity (Wildman–Crippen MR) is 100 cm³/mol. The summed E-state index contributed by atoms with van der Waals surface area (Å²) in [7, 11) is -3.30. The molecule has 1 saturated heterocycles. The van der Waals surface area contributed by atoms with Gasteiger partial charge in [0.2, 0.25) is 15.9 Å². The number of hydrogen-bond acceptors (Lipinski definition) is 4. The van der Waals surface area contributed by atoms with Crippen molar-refractivity contribution in [3.63, 3.8) is 0 Å². The minimum absolute atomic E-state index is 0.00184. The third-order valence-electron chi connectivity index (χ3n) is 4.92. The number of sulfonamides is 1. The van der Waals surface area contributed by atoms with Gasteiger partial charge < -0.3 is 9.32 Å². The summed E-state index contributed by atoms with van der Waals surface area (Å²) in [6, 6.07) is 6.37. The van der Waals surface area contributed by atoms with Crippen LogP contribution in [0.2, 0.25) is 0 Å². The molecule has 2 aromatic rings. The van der Waals surface area contributed by atoms with Crippen molar-refractivity contribution >= 4 is 21.6 Å². The summed E-state index contributed by atoms with van der Waals surface area (Å²) < 4.78 is 58.4. The number of benzene rings is 1. The summed E-state index contributed by atoms with van der Waals surface area (Å²) in [6.07, 6.45) is 2.14. The van der Waals surface area contributed by atoms with Crippen LogP contribution in [-0.2, 0) is 21.4 Å². The molecule has 1 aliphatic heterocycles. The Balaban J connectivity index is 1.81. The number of halogens is 2. The number of piperidine rings is 1. The normalized spacial score (nSPS) is 16.2. The number of hydrogen-bond donors (Lipinski definition) is 0. The highest BCUT2D eigenvalue weighted by Gasteiger charge is 2.34. The molecule has 1 aliphatic rings. The predicted octanol–water partition coefficient (Wildman–Crippen LogP) is 3.15. The minimum Gasteiger partial charge on any atom is -0.467 e. The summed E-state index contributed by atoms with van der Waals surface area (Å²) in [4.78, 5) is 14.4. The van der Waals surface area contributed by atoms with Gasteiger partial charge in [-0.2, -0.15) is 0 Å². The molecule has 3 rings (SSSR count). The Kier molecular flexibility index (Phi) is 6.14. The molecule has 2 heterocycles. The van der Waals surface area contributed by atoms with Gasteiger partial charge in [-0.25, -0.2) is 21.5 Å². The first kappa shape index (κ1) is 20.5. The summed E-state index contributed by atoms with van der Waals surface area (Å²) in [5.74, 6) is -1.89. The van der Waals surface area contributed by atoms with Crippen molar-refractivity contribution in [2.45, 2.75) is 26.3 Å². The Morgan fingerprint density at radius 2 is 1.96 bits per heavy atom. The van der Waals surface area contributed by atoms with Gasteiger partial charge >= 0.3 is 0 Å². The lowest BCUT2D eigenvalue weighted by atomic mass is 9.96. The quantitative estimate of drug-likeness (QED) is 0.731. The van der Waals surface area contributed by atoms with E-state index in [1.54, 1.807) is 19.1 Å². The lowest BCUT2D eigenvalue weighted by Gasteiger charge is -2.33. The summed E-state index contributed by atoms with van der Waals surface area (Å²) >= 11 is 0. The Hall–Kier alpha value is -2.26. The number of carbonyl (C=O) groups excluding carboxylic acids is 1. The van der Waals surface area contributed by atoms with E-state index >= 15 is 0 Å². The Morgan fingerprint density at radius 1 is 1.25 bits per heavy atom. The van der Waals surface area contributed by atoms with E-state index in [1.165, 1.54) is 21.5 Å². The van der Waals surface area contributed by atoms with Gasteiger partial charge in [0.05, 0.1) is 24.2 Å². The highest BCUT2D eigenvalue weighted by molar-refractivity contribution is 7.89. The number of amides is 1. The van der Waals surface area contributed by atoms with Crippen LogP contribution in [0.4, 0.5) is 14.5 Å². The van der Waals surface area contributed by atoms with Gasteiger partial charge in [0, 0.05) is 25.1 Å². The molecule has 0 spiro atoms. The van der Waals surface area contributed by atoms with Crippen molar-refractivity contribution in [2.75, 3.05) is 23.7 Å². The van der Waals surface area contributed by atoms with E-state index in [0.29, 0.717) is 18.6 Å². The highest BCUT2D eigenvalue weighted by Crippen LogP contribution is 2.28. The molecular weight excluding hydrogens is 390 g/mol. The molecule has 6 nitrogen and oxygen atoms in total. The third kappa shape index (κ3) is 4.41. The average Bonchev–Trinajstić information content (AvgIpc) is 3.19. The van der Waals surface area contributed by atoms with Gasteiger partial charge in [-0.15, -0.1) is 0 Å². The van der Waals surface area contributed by atoms with E-state index in [1.807, 2.05) is 0 Å². The van der Waals surface area contributed by atoms with Gasteiger partial charge in [-0.05, 0) is 44.0 Å². The van der Waals surface area contributed by atoms with Crippen LogP contribution in [0.5, 0.6) is 0 Å². The molecule has 1 aromatic heterocycles. The fourth-order valence-corrected chi connectivity index (χ4v) is 4.46. The molecule has 28 heavy (non-hydrogen) atoms. The van der Waals surface area contributed by atoms with E-state index in [4.69, 9.17) is 4.42 Å². The van der Waals surface area contributed by atoms with Crippen molar-refractivity contribution in [1.29, 1.82) is 0 Å². The molecule has 0 bridgehead atoms. The monoisotopic (exact) mass is 412 g/mol. The number of carbonyl (C=O) groups is 1. The van der Waals surface area contributed by atoms with E-state index in [9.17, 15) is 22.0 Å². The maximum atomic E-state index is 14.4. The molecule has 9 heteroatoms. The maximum absolute atomic E-state index is 14.4. The van der Waals surface area contributed by atoms with Gasteiger partial charge in [0.15, 0.2) is 0 Å². The molecule has 0 saturated carbocycles. The molecule has 1 amide bonds.